The molecule has 3 nitrogen and oxygen atoms in total. The number of alkyl halides is 1. The molecule has 1 rings (SSSR count). The lowest BCUT2D eigenvalue weighted by Gasteiger charge is -2.13. The van der Waals surface area contributed by atoms with Crippen molar-refractivity contribution in [2.45, 2.75) is 40.2 Å². The Morgan fingerprint density at radius 1 is 1.38 bits per heavy atom. The molecular formula is C12H18BrNO2. The van der Waals surface area contributed by atoms with Crippen LogP contribution in [0.25, 0.3) is 0 Å². The fraction of sp³-hybridized carbons (Fsp3) is 0.583. The van der Waals surface area contributed by atoms with Gasteiger partial charge in [-0.25, -0.2) is 0 Å². The minimum Gasteiger partial charge on any atom is -0.466 e. The minimum absolute atomic E-state index is 0.0434. The van der Waals surface area contributed by atoms with Crippen LogP contribution in [-0.4, -0.2) is 17.3 Å². The average Bonchev–Trinajstić information content (AvgIpc) is 2.49. The third kappa shape index (κ3) is 2.67. The summed E-state index contributed by atoms with van der Waals surface area (Å²) in [6, 6.07) is 0.168. The molecule has 0 aliphatic carbocycles. The SMILES string of the molecule is CCC(CBr)NC(=O)c1c(C)oc(C)c1C. The molecule has 0 saturated carbocycles. The number of carbonyl (C=O) groups excluding carboxylic acids is 1. The van der Waals surface area contributed by atoms with Crippen LogP contribution < -0.4 is 5.32 Å². The Bertz CT molecular complexity index is 381. The zero-order chi connectivity index (χ0) is 12.3. The molecule has 0 bridgehead atoms. The van der Waals surface area contributed by atoms with Gasteiger partial charge in [-0.3, -0.25) is 4.79 Å². The average molecular weight is 288 g/mol. The van der Waals surface area contributed by atoms with Gasteiger partial charge in [0.05, 0.1) is 5.56 Å². The number of hydrogen-bond donors (Lipinski definition) is 1. The van der Waals surface area contributed by atoms with E-state index in [-0.39, 0.29) is 11.9 Å². The minimum atomic E-state index is -0.0434. The maximum Gasteiger partial charge on any atom is 0.255 e. The summed E-state index contributed by atoms with van der Waals surface area (Å²) in [4.78, 5) is 12.0. The van der Waals surface area contributed by atoms with E-state index in [0.717, 1.165) is 23.1 Å². The van der Waals surface area contributed by atoms with E-state index in [4.69, 9.17) is 4.42 Å². The van der Waals surface area contributed by atoms with E-state index in [2.05, 4.69) is 21.2 Å². The molecule has 0 aliphatic heterocycles. The number of amides is 1. The number of carbonyl (C=O) groups is 1. The third-order valence-electron chi connectivity index (χ3n) is 2.80. The first-order valence-electron chi connectivity index (χ1n) is 5.44. The van der Waals surface area contributed by atoms with Gasteiger partial charge in [-0.1, -0.05) is 22.9 Å². The van der Waals surface area contributed by atoms with Crippen molar-refractivity contribution >= 4 is 21.8 Å². The largest absolute Gasteiger partial charge is 0.466 e. The van der Waals surface area contributed by atoms with Gasteiger partial charge in [0.2, 0.25) is 0 Å². The molecule has 1 atom stereocenters. The van der Waals surface area contributed by atoms with E-state index in [1.165, 1.54) is 0 Å². The van der Waals surface area contributed by atoms with Gasteiger partial charge in [0, 0.05) is 16.9 Å². The molecule has 0 fully saturated rings. The fourth-order valence-corrected chi connectivity index (χ4v) is 2.25. The molecule has 4 heteroatoms. The Labute approximate surface area is 105 Å². The van der Waals surface area contributed by atoms with Crippen LogP contribution in [0.15, 0.2) is 4.42 Å². The predicted octanol–water partition coefficient (Wildman–Crippen LogP) is 3.11. The summed E-state index contributed by atoms with van der Waals surface area (Å²) < 4.78 is 5.44. The highest BCUT2D eigenvalue weighted by atomic mass is 79.9. The Morgan fingerprint density at radius 2 is 2.00 bits per heavy atom. The van der Waals surface area contributed by atoms with E-state index < -0.39 is 0 Å². The Kier molecular flexibility index (Phi) is 4.59. The van der Waals surface area contributed by atoms with E-state index in [9.17, 15) is 4.79 Å². The van der Waals surface area contributed by atoms with Crippen molar-refractivity contribution in [2.75, 3.05) is 5.33 Å². The Balaban J connectivity index is 2.88. The van der Waals surface area contributed by atoms with E-state index in [1.54, 1.807) is 0 Å². The second-order valence-electron chi connectivity index (χ2n) is 3.95. The quantitative estimate of drug-likeness (QED) is 0.865. The van der Waals surface area contributed by atoms with Crippen molar-refractivity contribution in [2.24, 2.45) is 0 Å². The lowest BCUT2D eigenvalue weighted by atomic mass is 10.1. The van der Waals surface area contributed by atoms with Crippen LogP contribution in [0.3, 0.4) is 0 Å². The maximum atomic E-state index is 12.0. The van der Waals surface area contributed by atoms with Gasteiger partial charge in [-0.15, -0.1) is 0 Å². The monoisotopic (exact) mass is 287 g/mol. The molecule has 0 aromatic carbocycles. The van der Waals surface area contributed by atoms with Crippen LogP contribution in [-0.2, 0) is 0 Å². The predicted molar refractivity (Wildman–Crippen MR) is 68.3 cm³/mol. The molecule has 0 radical (unpaired) electrons. The fourth-order valence-electron chi connectivity index (χ4n) is 1.63. The number of nitrogens with one attached hydrogen (secondary N) is 1. The first-order valence-corrected chi connectivity index (χ1v) is 6.56. The zero-order valence-corrected chi connectivity index (χ0v) is 11.8. The normalized spacial score (nSPS) is 12.6. The molecule has 1 N–H and O–H groups in total. The summed E-state index contributed by atoms with van der Waals surface area (Å²) in [6.07, 6.45) is 0.909. The summed E-state index contributed by atoms with van der Waals surface area (Å²) in [7, 11) is 0. The molecule has 1 aromatic heterocycles. The number of halogens is 1. The first-order chi connectivity index (χ1) is 7.51. The highest BCUT2D eigenvalue weighted by Gasteiger charge is 2.20. The lowest BCUT2D eigenvalue weighted by molar-refractivity contribution is 0.0938. The highest BCUT2D eigenvalue weighted by Crippen LogP contribution is 2.20. The topological polar surface area (TPSA) is 42.2 Å². The van der Waals surface area contributed by atoms with Crippen LogP contribution in [0.5, 0.6) is 0 Å². The summed E-state index contributed by atoms with van der Waals surface area (Å²) in [5.74, 6) is 1.46. The molecular weight excluding hydrogens is 270 g/mol. The molecule has 1 aromatic rings. The Hall–Kier alpha value is -0.770. The van der Waals surface area contributed by atoms with Gasteiger partial charge in [0.25, 0.3) is 5.91 Å². The van der Waals surface area contributed by atoms with Gasteiger partial charge in [0.15, 0.2) is 0 Å². The van der Waals surface area contributed by atoms with Crippen molar-refractivity contribution in [3.05, 3.63) is 22.6 Å². The molecule has 1 unspecified atom stereocenters. The summed E-state index contributed by atoms with van der Waals surface area (Å²) in [5, 5.41) is 3.75. The van der Waals surface area contributed by atoms with Crippen molar-refractivity contribution in [3.8, 4) is 0 Å². The molecule has 90 valence electrons. The maximum absolute atomic E-state index is 12.0. The van der Waals surface area contributed by atoms with Gasteiger partial charge in [0.1, 0.15) is 11.5 Å². The summed E-state index contributed by atoms with van der Waals surface area (Å²) >= 11 is 3.38. The standard InChI is InChI=1S/C12H18BrNO2/c1-5-10(6-13)14-12(15)11-7(2)8(3)16-9(11)4/h10H,5-6H2,1-4H3,(H,14,15). The van der Waals surface area contributed by atoms with Crippen molar-refractivity contribution in [1.29, 1.82) is 0 Å². The van der Waals surface area contributed by atoms with Gasteiger partial charge < -0.3 is 9.73 Å². The van der Waals surface area contributed by atoms with Gasteiger partial charge in [-0.05, 0) is 27.2 Å². The first kappa shape index (κ1) is 13.3. The molecule has 0 spiro atoms. The van der Waals surface area contributed by atoms with E-state index in [1.807, 2.05) is 27.7 Å². The van der Waals surface area contributed by atoms with E-state index >= 15 is 0 Å². The highest BCUT2D eigenvalue weighted by molar-refractivity contribution is 9.09. The van der Waals surface area contributed by atoms with Crippen molar-refractivity contribution in [3.63, 3.8) is 0 Å². The van der Waals surface area contributed by atoms with Gasteiger partial charge in [-0.2, -0.15) is 0 Å². The smallest absolute Gasteiger partial charge is 0.255 e. The van der Waals surface area contributed by atoms with Gasteiger partial charge >= 0.3 is 0 Å². The van der Waals surface area contributed by atoms with Crippen LogP contribution in [0.2, 0.25) is 0 Å². The Morgan fingerprint density at radius 3 is 2.38 bits per heavy atom. The van der Waals surface area contributed by atoms with Crippen molar-refractivity contribution < 1.29 is 9.21 Å². The summed E-state index contributed by atoms with van der Waals surface area (Å²) in [5.41, 5.74) is 1.61. The second-order valence-corrected chi connectivity index (χ2v) is 4.59. The summed E-state index contributed by atoms with van der Waals surface area (Å²) in [6.45, 7) is 7.66. The van der Waals surface area contributed by atoms with E-state index in [0.29, 0.717) is 11.3 Å². The van der Waals surface area contributed by atoms with Crippen LogP contribution in [0.4, 0.5) is 0 Å². The second kappa shape index (κ2) is 5.53. The van der Waals surface area contributed by atoms with Crippen LogP contribution >= 0.6 is 15.9 Å². The van der Waals surface area contributed by atoms with Crippen molar-refractivity contribution in [1.82, 2.24) is 5.32 Å². The molecule has 0 aliphatic rings. The molecule has 0 saturated heterocycles. The number of furan rings is 1. The molecule has 1 amide bonds. The number of hydrogen-bond acceptors (Lipinski definition) is 2. The lowest BCUT2D eigenvalue weighted by Crippen LogP contribution is -2.35. The van der Waals surface area contributed by atoms with Crippen LogP contribution in [0.1, 0.15) is 40.8 Å². The number of rotatable bonds is 4. The third-order valence-corrected chi connectivity index (χ3v) is 3.58. The van der Waals surface area contributed by atoms with Crippen LogP contribution in [0, 0.1) is 20.8 Å². The molecule has 16 heavy (non-hydrogen) atoms. The number of aryl methyl sites for hydroxylation is 2. The molecule has 1 heterocycles. The zero-order valence-electron chi connectivity index (χ0n) is 10.2.